The lowest BCUT2D eigenvalue weighted by molar-refractivity contribution is 0.0946. The monoisotopic (exact) mass is 487 g/mol. The van der Waals surface area contributed by atoms with E-state index in [9.17, 15) is 13.6 Å². The Balaban J connectivity index is 1.37. The summed E-state index contributed by atoms with van der Waals surface area (Å²) in [5.74, 6) is -1.84. The Hall–Kier alpha value is -3.12. The summed E-state index contributed by atoms with van der Waals surface area (Å²) in [5.41, 5.74) is 1.42. The summed E-state index contributed by atoms with van der Waals surface area (Å²) in [6.45, 7) is 2.28. The maximum Gasteiger partial charge on any atom is 0.282 e. The molecule has 33 heavy (non-hydrogen) atoms. The van der Waals surface area contributed by atoms with Gasteiger partial charge in [-0.3, -0.25) is 9.48 Å². The van der Waals surface area contributed by atoms with Crippen LogP contribution in [0.3, 0.4) is 0 Å². The highest BCUT2D eigenvalue weighted by molar-refractivity contribution is 7.16. The summed E-state index contributed by atoms with van der Waals surface area (Å²) in [6.07, 6.45) is 6.01. The molecule has 0 saturated heterocycles. The van der Waals surface area contributed by atoms with Crippen LogP contribution in [0.15, 0.2) is 29.9 Å². The lowest BCUT2D eigenvalue weighted by Crippen LogP contribution is -2.39. The van der Waals surface area contributed by atoms with Crippen molar-refractivity contribution in [3.63, 3.8) is 0 Å². The molecule has 5 rings (SSSR count). The van der Waals surface area contributed by atoms with Crippen LogP contribution in [0.25, 0.3) is 10.6 Å². The summed E-state index contributed by atoms with van der Waals surface area (Å²) in [4.78, 5) is 20.9. The Morgan fingerprint density at radius 1 is 1.27 bits per heavy atom. The van der Waals surface area contributed by atoms with Gasteiger partial charge in [-0.05, 0) is 31.9 Å². The fourth-order valence-corrected chi connectivity index (χ4v) is 5.30. The highest BCUT2D eigenvalue weighted by Crippen LogP contribution is 2.42. The molecule has 0 bridgehead atoms. The number of aromatic nitrogens is 6. The smallest absolute Gasteiger partial charge is 0.282 e. The van der Waals surface area contributed by atoms with Crippen LogP contribution in [-0.2, 0) is 12.5 Å². The molecule has 170 valence electrons. The molecule has 12 heteroatoms. The van der Waals surface area contributed by atoms with Crippen LogP contribution in [0, 0.1) is 11.9 Å². The van der Waals surface area contributed by atoms with Crippen LogP contribution in [0.5, 0.6) is 0 Å². The molecule has 1 saturated carbocycles. The van der Waals surface area contributed by atoms with Gasteiger partial charge in [0.05, 0.1) is 22.9 Å². The molecule has 1 amide bonds. The zero-order chi connectivity index (χ0) is 23.2. The van der Waals surface area contributed by atoms with Gasteiger partial charge in [0, 0.05) is 36.7 Å². The van der Waals surface area contributed by atoms with Crippen molar-refractivity contribution in [1.29, 1.82) is 0 Å². The molecular formula is C21H19F2N7OS2. The fraction of sp³-hybridized carbons (Fsp3) is 0.333. The number of thiazole rings is 1. The van der Waals surface area contributed by atoms with Gasteiger partial charge in [0.2, 0.25) is 16.9 Å². The SMILES string of the molecule is Cn1cc(C(C)(CNC(=O)c2nnc(-c3ccc(F)nc3F)s2)c2nc(C3CC3)cs2)cn1. The van der Waals surface area contributed by atoms with E-state index in [0.717, 1.165) is 46.5 Å². The van der Waals surface area contributed by atoms with Crippen molar-refractivity contribution < 1.29 is 13.6 Å². The maximum atomic E-state index is 14.0. The normalized spacial score (nSPS) is 15.4. The standard InChI is InChI=1S/C21H19F2N7OS2/c1-21(12-7-25-30(2)8-12,20-26-14(9-32-20)11-3-4-11)10-24-17(31)19-29-28-18(33-19)13-5-6-15(22)27-16(13)23/h5-9,11H,3-4,10H2,1-2H3,(H,24,31). The van der Waals surface area contributed by atoms with Gasteiger partial charge in [0.1, 0.15) is 5.01 Å². The molecule has 8 nitrogen and oxygen atoms in total. The molecule has 1 N–H and O–H groups in total. The first-order valence-electron chi connectivity index (χ1n) is 10.2. The van der Waals surface area contributed by atoms with Gasteiger partial charge in [0.15, 0.2) is 5.01 Å². The minimum Gasteiger partial charge on any atom is -0.349 e. The molecule has 1 fully saturated rings. The lowest BCUT2D eigenvalue weighted by Gasteiger charge is -2.26. The molecule has 4 aromatic rings. The van der Waals surface area contributed by atoms with E-state index < -0.39 is 23.2 Å². The largest absolute Gasteiger partial charge is 0.349 e. The molecule has 4 heterocycles. The Kier molecular flexibility index (Phi) is 5.49. The minimum absolute atomic E-state index is 0.0106. The van der Waals surface area contributed by atoms with Gasteiger partial charge >= 0.3 is 0 Å². The van der Waals surface area contributed by atoms with Gasteiger partial charge in [-0.2, -0.15) is 18.9 Å². The van der Waals surface area contributed by atoms with Gasteiger partial charge < -0.3 is 5.32 Å². The molecule has 1 aliphatic carbocycles. The van der Waals surface area contributed by atoms with Crippen LogP contribution < -0.4 is 5.32 Å². The second kappa shape index (κ2) is 8.34. The van der Waals surface area contributed by atoms with Crippen LogP contribution in [0.1, 0.15) is 51.8 Å². The van der Waals surface area contributed by atoms with E-state index in [2.05, 4.69) is 31.0 Å². The molecular weight excluding hydrogens is 468 g/mol. The van der Waals surface area contributed by atoms with Gasteiger partial charge in [0.25, 0.3) is 5.91 Å². The van der Waals surface area contributed by atoms with Crippen LogP contribution in [0.2, 0.25) is 0 Å². The van der Waals surface area contributed by atoms with E-state index in [-0.39, 0.29) is 22.1 Å². The summed E-state index contributed by atoms with van der Waals surface area (Å²) < 4.78 is 28.8. The third kappa shape index (κ3) is 4.27. The number of hydrogen-bond acceptors (Lipinski definition) is 8. The number of carbonyl (C=O) groups excluding carboxylic acids is 1. The Morgan fingerprint density at radius 2 is 2.09 bits per heavy atom. The third-order valence-electron chi connectivity index (χ3n) is 5.60. The molecule has 0 aliphatic heterocycles. The summed E-state index contributed by atoms with van der Waals surface area (Å²) in [6, 6.07) is 2.25. The van der Waals surface area contributed by atoms with Crippen LogP contribution in [-0.4, -0.2) is 42.4 Å². The molecule has 1 unspecified atom stereocenters. The van der Waals surface area contributed by atoms with E-state index in [1.54, 1.807) is 22.2 Å². The van der Waals surface area contributed by atoms with Gasteiger partial charge in [-0.15, -0.1) is 21.5 Å². The summed E-state index contributed by atoms with van der Waals surface area (Å²) in [5, 5.41) is 18.2. The van der Waals surface area contributed by atoms with Crippen molar-refractivity contribution in [1.82, 2.24) is 35.3 Å². The van der Waals surface area contributed by atoms with Crippen molar-refractivity contribution >= 4 is 28.6 Å². The molecule has 1 aliphatic rings. The number of carbonyl (C=O) groups is 1. The van der Waals surface area contributed by atoms with Crippen molar-refractivity contribution in [3.8, 4) is 10.6 Å². The number of nitrogens with one attached hydrogen (secondary N) is 1. The second-order valence-electron chi connectivity index (χ2n) is 8.15. The number of nitrogens with zero attached hydrogens (tertiary/aromatic N) is 6. The first-order valence-corrected chi connectivity index (χ1v) is 11.9. The molecule has 4 aromatic heterocycles. The first-order chi connectivity index (χ1) is 15.8. The fourth-order valence-electron chi connectivity index (χ4n) is 3.44. The highest BCUT2D eigenvalue weighted by atomic mass is 32.1. The van der Waals surface area contributed by atoms with E-state index in [1.165, 1.54) is 6.07 Å². The Bertz CT molecular complexity index is 1330. The minimum atomic E-state index is -1.00. The zero-order valence-electron chi connectivity index (χ0n) is 17.7. The Morgan fingerprint density at radius 3 is 2.79 bits per heavy atom. The number of hydrogen-bond donors (Lipinski definition) is 1. The average molecular weight is 488 g/mol. The van der Waals surface area contributed by atoms with E-state index in [4.69, 9.17) is 4.98 Å². The van der Waals surface area contributed by atoms with E-state index in [0.29, 0.717) is 5.92 Å². The quantitative estimate of drug-likeness (QED) is 0.400. The van der Waals surface area contributed by atoms with Gasteiger partial charge in [-0.1, -0.05) is 11.3 Å². The van der Waals surface area contributed by atoms with Crippen LogP contribution >= 0.6 is 22.7 Å². The molecule has 0 spiro atoms. The number of pyridine rings is 1. The average Bonchev–Trinajstić information content (AvgIpc) is 3.19. The predicted molar refractivity (Wildman–Crippen MR) is 119 cm³/mol. The molecule has 0 aromatic carbocycles. The zero-order valence-corrected chi connectivity index (χ0v) is 19.4. The first kappa shape index (κ1) is 21.7. The van der Waals surface area contributed by atoms with Crippen molar-refractivity contribution in [3.05, 3.63) is 63.1 Å². The Labute approximate surface area is 195 Å². The number of halogens is 2. The van der Waals surface area contributed by atoms with Crippen LogP contribution in [0.4, 0.5) is 8.78 Å². The summed E-state index contributed by atoms with van der Waals surface area (Å²) >= 11 is 2.49. The molecule has 1 atom stereocenters. The van der Waals surface area contributed by atoms with Crippen molar-refractivity contribution in [2.45, 2.75) is 31.1 Å². The van der Waals surface area contributed by atoms with Crippen molar-refractivity contribution in [2.75, 3.05) is 6.54 Å². The number of amides is 1. The van der Waals surface area contributed by atoms with Crippen molar-refractivity contribution in [2.24, 2.45) is 7.05 Å². The van der Waals surface area contributed by atoms with Gasteiger partial charge in [-0.25, -0.2) is 4.98 Å². The number of aryl methyl sites for hydroxylation is 1. The van der Waals surface area contributed by atoms with E-state index in [1.807, 2.05) is 20.2 Å². The second-order valence-corrected chi connectivity index (χ2v) is 9.99. The highest BCUT2D eigenvalue weighted by Gasteiger charge is 2.36. The number of rotatable bonds is 7. The summed E-state index contributed by atoms with van der Waals surface area (Å²) in [7, 11) is 1.84. The topological polar surface area (TPSA) is 98.5 Å². The maximum absolute atomic E-state index is 14.0. The third-order valence-corrected chi connectivity index (χ3v) is 7.68. The lowest BCUT2D eigenvalue weighted by atomic mass is 9.85. The predicted octanol–water partition coefficient (Wildman–Crippen LogP) is 3.68. The molecule has 0 radical (unpaired) electrons. The van der Waals surface area contributed by atoms with E-state index >= 15 is 0 Å².